The summed E-state index contributed by atoms with van der Waals surface area (Å²) in [5.41, 5.74) is 5.50. The van der Waals surface area contributed by atoms with Gasteiger partial charge < -0.3 is 5.73 Å². The van der Waals surface area contributed by atoms with E-state index >= 15 is 0 Å². The minimum Gasteiger partial charge on any atom is -0.330 e. The Hall–Kier alpha value is 0.110. The van der Waals surface area contributed by atoms with Crippen LogP contribution in [0.15, 0.2) is 0 Å². The Bertz CT molecular complexity index is 170. The van der Waals surface area contributed by atoms with Crippen molar-refractivity contribution >= 4 is 12.4 Å². The van der Waals surface area contributed by atoms with Crippen molar-refractivity contribution in [2.24, 2.45) is 23.5 Å². The van der Waals surface area contributed by atoms with Crippen LogP contribution in [0.4, 0.5) is 8.78 Å². The summed E-state index contributed by atoms with van der Waals surface area (Å²) in [4.78, 5) is 0. The minimum absolute atomic E-state index is 0. The van der Waals surface area contributed by atoms with Crippen molar-refractivity contribution in [2.45, 2.75) is 31.6 Å². The predicted molar refractivity (Wildman–Crippen MR) is 50.2 cm³/mol. The molecule has 2 saturated carbocycles. The maximum absolute atomic E-state index is 13.3. The molecule has 2 aliphatic carbocycles. The Morgan fingerprint density at radius 2 is 1.62 bits per heavy atom. The van der Waals surface area contributed by atoms with E-state index in [1.165, 1.54) is 0 Å². The fourth-order valence-corrected chi connectivity index (χ4v) is 2.76. The molecule has 0 aromatic rings. The summed E-state index contributed by atoms with van der Waals surface area (Å²) in [7, 11) is 0. The molecule has 0 amide bonds. The van der Waals surface area contributed by atoms with E-state index < -0.39 is 5.92 Å². The van der Waals surface area contributed by atoms with Gasteiger partial charge in [0.05, 0.1) is 0 Å². The normalized spacial score (nSPS) is 41.3. The van der Waals surface area contributed by atoms with E-state index in [0.717, 1.165) is 0 Å². The van der Waals surface area contributed by atoms with Gasteiger partial charge in [-0.05, 0) is 38.1 Å². The average molecular weight is 212 g/mol. The molecular formula is C9H16ClF2N. The number of fused-ring (bicyclic) bond motifs is 2. The number of alkyl halides is 2. The molecule has 0 saturated heterocycles. The van der Waals surface area contributed by atoms with Crippen molar-refractivity contribution in [3.8, 4) is 0 Å². The molecule has 0 aromatic heterocycles. The fraction of sp³-hybridized carbons (Fsp3) is 1.00. The van der Waals surface area contributed by atoms with Gasteiger partial charge in [-0.3, -0.25) is 0 Å². The Labute approximate surface area is 83.5 Å². The molecule has 2 fully saturated rings. The van der Waals surface area contributed by atoms with Crippen molar-refractivity contribution in [3.63, 3.8) is 0 Å². The predicted octanol–water partition coefficient (Wildman–Crippen LogP) is 2.44. The molecule has 0 radical (unpaired) electrons. The Morgan fingerprint density at radius 3 is 2.00 bits per heavy atom. The molecule has 2 rings (SSSR count). The first-order chi connectivity index (χ1) is 5.64. The molecule has 2 N–H and O–H groups in total. The minimum atomic E-state index is -2.37. The summed E-state index contributed by atoms with van der Waals surface area (Å²) >= 11 is 0. The van der Waals surface area contributed by atoms with Gasteiger partial charge in [-0.2, -0.15) is 0 Å². The summed E-state index contributed by atoms with van der Waals surface area (Å²) in [5.74, 6) is -2.72. The Balaban J connectivity index is 0.000000845. The number of halogens is 3. The lowest BCUT2D eigenvalue weighted by molar-refractivity contribution is -0.108. The average Bonchev–Trinajstić information content (AvgIpc) is 2.29. The van der Waals surface area contributed by atoms with Crippen LogP contribution in [0.25, 0.3) is 0 Å². The molecule has 13 heavy (non-hydrogen) atoms. The third-order valence-corrected chi connectivity index (χ3v) is 3.52. The second-order valence-corrected chi connectivity index (χ2v) is 4.22. The summed E-state index contributed by atoms with van der Waals surface area (Å²) in [6, 6.07) is 0. The molecule has 0 heterocycles. The summed E-state index contributed by atoms with van der Waals surface area (Å²) < 4.78 is 26.6. The molecule has 1 unspecified atom stereocenters. The summed E-state index contributed by atoms with van der Waals surface area (Å²) in [5, 5.41) is 0. The lowest BCUT2D eigenvalue weighted by Gasteiger charge is -2.34. The van der Waals surface area contributed by atoms with Gasteiger partial charge in [0.25, 0.3) is 5.92 Å². The molecule has 2 bridgehead atoms. The van der Waals surface area contributed by atoms with Crippen LogP contribution >= 0.6 is 12.4 Å². The van der Waals surface area contributed by atoms with Crippen molar-refractivity contribution < 1.29 is 8.78 Å². The molecule has 4 heteroatoms. The van der Waals surface area contributed by atoms with E-state index in [2.05, 4.69) is 0 Å². The third kappa shape index (κ3) is 1.68. The highest BCUT2D eigenvalue weighted by Gasteiger charge is 2.55. The number of hydrogen-bond acceptors (Lipinski definition) is 1. The lowest BCUT2D eigenvalue weighted by atomic mass is 9.78. The maximum atomic E-state index is 13.3. The van der Waals surface area contributed by atoms with E-state index in [1.807, 2.05) is 0 Å². The van der Waals surface area contributed by atoms with Crippen LogP contribution in [-0.4, -0.2) is 12.5 Å². The molecule has 0 aromatic carbocycles. The summed E-state index contributed by atoms with van der Waals surface area (Å²) in [6.07, 6.45) is 2.74. The smallest absolute Gasteiger partial charge is 0.253 e. The molecule has 3 atom stereocenters. The van der Waals surface area contributed by atoms with Gasteiger partial charge in [0.2, 0.25) is 0 Å². The number of rotatable bonds is 1. The van der Waals surface area contributed by atoms with Crippen LogP contribution in [0.1, 0.15) is 25.7 Å². The van der Waals surface area contributed by atoms with Crippen LogP contribution in [0.3, 0.4) is 0 Å². The van der Waals surface area contributed by atoms with Crippen molar-refractivity contribution in [1.29, 1.82) is 0 Å². The van der Waals surface area contributed by atoms with E-state index in [1.54, 1.807) is 0 Å². The number of nitrogens with two attached hydrogens (primary N) is 1. The van der Waals surface area contributed by atoms with Crippen LogP contribution in [0.2, 0.25) is 0 Å². The van der Waals surface area contributed by atoms with E-state index in [9.17, 15) is 8.78 Å². The first-order valence-corrected chi connectivity index (χ1v) is 4.72. The lowest BCUT2D eigenvalue weighted by Crippen LogP contribution is -2.38. The second kappa shape index (κ2) is 3.70. The molecule has 1 nitrogen and oxygen atoms in total. The maximum Gasteiger partial charge on any atom is 0.253 e. The summed E-state index contributed by atoms with van der Waals surface area (Å²) in [6.45, 7) is 0.586. The van der Waals surface area contributed by atoms with Gasteiger partial charge in [0.15, 0.2) is 0 Å². The standard InChI is InChI=1S/C9H15F2N.ClH/c10-9(11)7-1-2-8(9)4-6(3-7)5-12;/h6-8H,1-5,12H2;1H/t6?,7-,8+;. The highest BCUT2D eigenvalue weighted by Crippen LogP contribution is 2.54. The van der Waals surface area contributed by atoms with Crippen molar-refractivity contribution in [1.82, 2.24) is 0 Å². The Morgan fingerprint density at radius 1 is 1.15 bits per heavy atom. The monoisotopic (exact) mass is 211 g/mol. The molecule has 78 valence electrons. The zero-order valence-corrected chi connectivity index (χ0v) is 8.33. The number of hydrogen-bond donors (Lipinski definition) is 1. The van der Waals surface area contributed by atoms with Gasteiger partial charge in [0.1, 0.15) is 0 Å². The highest BCUT2D eigenvalue weighted by atomic mass is 35.5. The quantitative estimate of drug-likeness (QED) is 0.709. The topological polar surface area (TPSA) is 26.0 Å². The highest BCUT2D eigenvalue weighted by molar-refractivity contribution is 5.85. The largest absolute Gasteiger partial charge is 0.330 e. The van der Waals surface area contributed by atoms with E-state index in [4.69, 9.17) is 5.73 Å². The SMILES string of the molecule is Cl.NCC1C[C@H]2CC[C@@H](C1)C2(F)F. The Kier molecular flexibility index (Phi) is 3.18. The molecular weight excluding hydrogens is 196 g/mol. The van der Waals surface area contributed by atoms with Gasteiger partial charge in [0, 0.05) is 11.8 Å². The van der Waals surface area contributed by atoms with Gasteiger partial charge in [-0.25, -0.2) is 8.78 Å². The van der Waals surface area contributed by atoms with Gasteiger partial charge in [-0.15, -0.1) is 12.4 Å². The van der Waals surface area contributed by atoms with Crippen LogP contribution in [0.5, 0.6) is 0 Å². The van der Waals surface area contributed by atoms with Gasteiger partial charge >= 0.3 is 0 Å². The third-order valence-electron chi connectivity index (χ3n) is 3.52. The van der Waals surface area contributed by atoms with Crippen LogP contribution in [0, 0.1) is 17.8 Å². The van der Waals surface area contributed by atoms with Crippen LogP contribution < -0.4 is 5.73 Å². The van der Waals surface area contributed by atoms with Gasteiger partial charge in [-0.1, -0.05) is 0 Å². The van der Waals surface area contributed by atoms with Crippen molar-refractivity contribution in [2.75, 3.05) is 6.54 Å². The zero-order chi connectivity index (χ0) is 8.77. The molecule has 2 aliphatic rings. The molecule has 0 aliphatic heterocycles. The fourth-order valence-electron chi connectivity index (χ4n) is 2.76. The first kappa shape index (κ1) is 11.2. The van der Waals surface area contributed by atoms with Crippen molar-refractivity contribution in [3.05, 3.63) is 0 Å². The second-order valence-electron chi connectivity index (χ2n) is 4.22. The van der Waals surface area contributed by atoms with E-state index in [0.29, 0.717) is 38.1 Å². The molecule has 0 spiro atoms. The van der Waals surface area contributed by atoms with E-state index in [-0.39, 0.29) is 24.2 Å². The zero-order valence-electron chi connectivity index (χ0n) is 7.51. The first-order valence-electron chi connectivity index (χ1n) is 4.72. The van der Waals surface area contributed by atoms with Crippen LogP contribution in [-0.2, 0) is 0 Å².